The summed E-state index contributed by atoms with van der Waals surface area (Å²) in [6, 6.07) is 12.8. The van der Waals surface area contributed by atoms with Crippen molar-refractivity contribution in [2.75, 3.05) is 12.3 Å². The third-order valence-corrected chi connectivity index (χ3v) is 6.86. The van der Waals surface area contributed by atoms with Gasteiger partial charge in [0.25, 0.3) is 0 Å². The summed E-state index contributed by atoms with van der Waals surface area (Å²) < 4.78 is 0. The smallest absolute Gasteiger partial charge is 0.242 e. The number of carbonyl (C=O) groups excluding carboxylic acids is 2. The maximum Gasteiger partial charge on any atom is 0.242 e. The van der Waals surface area contributed by atoms with Crippen LogP contribution < -0.4 is 5.32 Å². The van der Waals surface area contributed by atoms with Crippen molar-refractivity contribution >= 4 is 46.8 Å². The average molecular weight is 496 g/mol. The number of nitrogens with zero attached hydrogens (tertiary/aromatic N) is 1. The third-order valence-electron chi connectivity index (χ3n) is 5.21. The van der Waals surface area contributed by atoms with Crippen molar-refractivity contribution in [3.8, 4) is 0 Å². The minimum Gasteiger partial charge on any atom is -0.354 e. The highest BCUT2D eigenvalue weighted by molar-refractivity contribution is 7.99. The lowest BCUT2D eigenvalue weighted by atomic mass is 10.1. The second-order valence-electron chi connectivity index (χ2n) is 8.20. The number of halogens is 2. The van der Waals surface area contributed by atoms with E-state index in [4.69, 9.17) is 23.2 Å². The van der Waals surface area contributed by atoms with E-state index in [1.54, 1.807) is 23.1 Å². The zero-order valence-electron chi connectivity index (χ0n) is 19.2. The van der Waals surface area contributed by atoms with Gasteiger partial charge in [0, 0.05) is 28.9 Å². The minimum absolute atomic E-state index is 0.0759. The number of hydrogen-bond donors (Lipinski definition) is 1. The molecule has 0 heterocycles. The molecule has 32 heavy (non-hydrogen) atoms. The van der Waals surface area contributed by atoms with Crippen molar-refractivity contribution in [1.29, 1.82) is 0 Å². The fraction of sp³-hybridized carbons (Fsp3) is 0.440. The number of hydrogen-bond acceptors (Lipinski definition) is 3. The highest BCUT2D eigenvalue weighted by atomic mass is 35.5. The number of nitrogens with one attached hydrogen (secondary N) is 1. The molecule has 0 saturated carbocycles. The summed E-state index contributed by atoms with van der Waals surface area (Å²) in [7, 11) is 0. The van der Waals surface area contributed by atoms with Crippen LogP contribution in [0.2, 0.25) is 10.0 Å². The number of aryl methyl sites for hydroxylation is 1. The Morgan fingerprint density at radius 1 is 1.06 bits per heavy atom. The topological polar surface area (TPSA) is 49.4 Å². The van der Waals surface area contributed by atoms with Crippen molar-refractivity contribution < 1.29 is 9.59 Å². The van der Waals surface area contributed by atoms with Gasteiger partial charge in [-0.2, -0.15) is 0 Å². The summed E-state index contributed by atoms with van der Waals surface area (Å²) in [5.74, 6) is 0.920. The zero-order valence-corrected chi connectivity index (χ0v) is 21.5. The Kier molecular flexibility index (Phi) is 10.9. The molecule has 0 aliphatic heterocycles. The van der Waals surface area contributed by atoms with Crippen molar-refractivity contribution in [1.82, 2.24) is 10.2 Å². The van der Waals surface area contributed by atoms with E-state index in [-0.39, 0.29) is 17.6 Å². The molecule has 0 saturated heterocycles. The molecular weight excluding hydrogens is 463 g/mol. The van der Waals surface area contributed by atoms with E-state index in [1.165, 1.54) is 11.8 Å². The molecule has 2 rings (SSSR count). The molecule has 0 fully saturated rings. The maximum absolute atomic E-state index is 13.3. The molecule has 2 amide bonds. The first kappa shape index (κ1) is 26.6. The largest absolute Gasteiger partial charge is 0.354 e. The summed E-state index contributed by atoms with van der Waals surface area (Å²) in [5, 5.41) is 4.17. The fourth-order valence-corrected chi connectivity index (χ4v) is 4.95. The fourth-order valence-electron chi connectivity index (χ4n) is 3.31. The Labute approximate surface area is 206 Å². The summed E-state index contributed by atoms with van der Waals surface area (Å²) in [4.78, 5) is 28.0. The van der Waals surface area contributed by atoms with E-state index in [9.17, 15) is 9.59 Å². The molecule has 2 aromatic rings. The van der Waals surface area contributed by atoms with Gasteiger partial charge in [0.15, 0.2) is 0 Å². The van der Waals surface area contributed by atoms with E-state index in [1.807, 2.05) is 52.0 Å². The number of carbonyl (C=O) groups is 2. The van der Waals surface area contributed by atoms with Gasteiger partial charge >= 0.3 is 0 Å². The van der Waals surface area contributed by atoms with Crippen molar-refractivity contribution in [3.05, 3.63) is 69.2 Å². The molecule has 1 unspecified atom stereocenters. The van der Waals surface area contributed by atoms with Gasteiger partial charge in [0.2, 0.25) is 11.8 Å². The standard InChI is InChI=1S/C25H32Cl2N2O2S/c1-5-23(25(31)28-13-17(2)3)29(14-19-10-7-6-9-18(19)4)24(30)16-32-15-20-21(26)11-8-12-22(20)27/h6-12,17,23H,5,13-16H2,1-4H3,(H,28,31). The normalized spacial score (nSPS) is 12.0. The second-order valence-corrected chi connectivity index (χ2v) is 10.0. The molecule has 2 aromatic carbocycles. The number of amides is 2. The Morgan fingerprint density at radius 3 is 2.31 bits per heavy atom. The van der Waals surface area contributed by atoms with Gasteiger partial charge in [-0.05, 0) is 48.1 Å². The van der Waals surface area contributed by atoms with Crippen LogP contribution in [0.1, 0.15) is 43.9 Å². The molecule has 1 atom stereocenters. The van der Waals surface area contributed by atoms with Gasteiger partial charge in [-0.3, -0.25) is 9.59 Å². The van der Waals surface area contributed by atoms with Crippen LogP contribution in [0.25, 0.3) is 0 Å². The van der Waals surface area contributed by atoms with Gasteiger partial charge in [-0.15, -0.1) is 11.8 Å². The molecule has 4 nitrogen and oxygen atoms in total. The van der Waals surface area contributed by atoms with Crippen LogP contribution in [0.5, 0.6) is 0 Å². The van der Waals surface area contributed by atoms with Gasteiger partial charge in [-0.1, -0.05) is 74.3 Å². The Hall–Kier alpha value is -1.69. The first-order valence-corrected chi connectivity index (χ1v) is 12.8. The molecule has 0 bridgehead atoms. The van der Waals surface area contributed by atoms with E-state index in [2.05, 4.69) is 5.32 Å². The lowest BCUT2D eigenvalue weighted by molar-refractivity contribution is -0.139. The number of thioether (sulfide) groups is 1. The zero-order chi connectivity index (χ0) is 23.7. The number of benzene rings is 2. The van der Waals surface area contributed by atoms with Gasteiger partial charge < -0.3 is 10.2 Å². The van der Waals surface area contributed by atoms with Crippen LogP contribution in [0.3, 0.4) is 0 Å². The highest BCUT2D eigenvalue weighted by Gasteiger charge is 2.28. The second kappa shape index (κ2) is 13.1. The van der Waals surface area contributed by atoms with Crippen LogP contribution in [-0.2, 0) is 21.9 Å². The van der Waals surface area contributed by atoms with Crippen molar-refractivity contribution in [3.63, 3.8) is 0 Å². The average Bonchev–Trinajstić information content (AvgIpc) is 2.75. The predicted molar refractivity (Wildman–Crippen MR) is 136 cm³/mol. The van der Waals surface area contributed by atoms with Crippen LogP contribution in [0.15, 0.2) is 42.5 Å². The molecule has 174 valence electrons. The van der Waals surface area contributed by atoms with E-state index in [0.717, 1.165) is 16.7 Å². The first-order valence-electron chi connectivity index (χ1n) is 10.9. The van der Waals surface area contributed by atoms with Crippen LogP contribution in [0, 0.1) is 12.8 Å². The molecule has 0 radical (unpaired) electrons. The quantitative estimate of drug-likeness (QED) is 0.409. The van der Waals surface area contributed by atoms with Gasteiger partial charge in [-0.25, -0.2) is 0 Å². The number of rotatable bonds is 11. The van der Waals surface area contributed by atoms with Gasteiger partial charge in [0.05, 0.1) is 5.75 Å². The van der Waals surface area contributed by atoms with Crippen LogP contribution >= 0.6 is 35.0 Å². The third kappa shape index (κ3) is 7.72. The van der Waals surface area contributed by atoms with Crippen LogP contribution in [-0.4, -0.2) is 35.1 Å². The molecule has 0 aromatic heterocycles. The Morgan fingerprint density at radius 2 is 1.72 bits per heavy atom. The lowest BCUT2D eigenvalue weighted by Gasteiger charge is -2.31. The molecule has 7 heteroatoms. The lowest BCUT2D eigenvalue weighted by Crippen LogP contribution is -2.50. The summed E-state index contributed by atoms with van der Waals surface area (Å²) >= 11 is 14.0. The highest BCUT2D eigenvalue weighted by Crippen LogP contribution is 2.28. The van der Waals surface area contributed by atoms with E-state index < -0.39 is 6.04 Å². The summed E-state index contributed by atoms with van der Waals surface area (Å²) in [5.41, 5.74) is 2.95. The minimum atomic E-state index is -0.523. The van der Waals surface area contributed by atoms with Crippen molar-refractivity contribution in [2.45, 2.75) is 52.5 Å². The molecule has 1 N–H and O–H groups in total. The molecule has 0 aliphatic carbocycles. The molecule has 0 spiro atoms. The van der Waals surface area contributed by atoms with Crippen LogP contribution in [0.4, 0.5) is 0 Å². The monoisotopic (exact) mass is 494 g/mol. The molecule has 0 aliphatic rings. The summed E-state index contributed by atoms with van der Waals surface area (Å²) in [6.07, 6.45) is 0.544. The van der Waals surface area contributed by atoms with Gasteiger partial charge in [0.1, 0.15) is 6.04 Å². The molecular formula is C25H32Cl2N2O2S. The maximum atomic E-state index is 13.3. The van der Waals surface area contributed by atoms with E-state index >= 15 is 0 Å². The SMILES string of the molecule is CCC(C(=O)NCC(C)C)N(Cc1ccccc1C)C(=O)CSCc1c(Cl)cccc1Cl. The predicted octanol–water partition coefficient (Wildman–Crippen LogP) is 6.11. The first-order chi connectivity index (χ1) is 15.2. The van der Waals surface area contributed by atoms with Crippen molar-refractivity contribution in [2.24, 2.45) is 5.92 Å². The Bertz CT molecular complexity index is 900. The van der Waals surface area contributed by atoms with E-state index in [0.29, 0.717) is 41.2 Å². The summed E-state index contributed by atoms with van der Waals surface area (Å²) in [6.45, 7) is 9.04. The Balaban J connectivity index is 2.17.